The Hall–Kier alpha value is -5.12. The quantitative estimate of drug-likeness (QED) is 0.246. The summed E-state index contributed by atoms with van der Waals surface area (Å²) in [5.41, 5.74) is 4.66. The van der Waals surface area contributed by atoms with Crippen LogP contribution in [0.25, 0.3) is 11.1 Å². The molecule has 1 fully saturated rings. The van der Waals surface area contributed by atoms with Crippen LogP contribution in [0, 0.1) is 16.0 Å². The average molecular weight is 537 g/mol. The molecule has 202 valence electrons. The Labute approximate surface area is 231 Å². The zero-order valence-electron chi connectivity index (χ0n) is 22.2. The number of carbonyl (C=O) groups is 2. The first kappa shape index (κ1) is 26.5. The summed E-state index contributed by atoms with van der Waals surface area (Å²) in [6.07, 6.45) is 6.19. The van der Waals surface area contributed by atoms with Gasteiger partial charge in [0, 0.05) is 56.0 Å². The van der Waals surface area contributed by atoms with Crippen LogP contribution >= 0.6 is 0 Å². The molecule has 0 saturated carbocycles. The molecule has 0 spiro atoms. The smallest absolute Gasteiger partial charge is 0.269 e. The monoisotopic (exact) mass is 536 g/mol. The van der Waals surface area contributed by atoms with E-state index in [2.05, 4.69) is 15.3 Å². The van der Waals surface area contributed by atoms with Gasteiger partial charge in [-0.1, -0.05) is 24.3 Å². The van der Waals surface area contributed by atoms with Gasteiger partial charge in [0.15, 0.2) is 0 Å². The molecule has 1 aliphatic rings. The van der Waals surface area contributed by atoms with Crippen LogP contribution in [-0.2, 0) is 11.2 Å². The minimum absolute atomic E-state index is 0.0220. The molecule has 10 nitrogen and oxygen atoms in total. The summed E-state index contributed by atoms with van der Waals surface area (Å²) in [6.45, 7) is 0.551. The van der Waals surface area contributed by atoms with Crippen LogP contribution in [-0.4, -0.2) is 52.2 Å². The highest BCUT2D eigenvalue weighted by Crippen LogP contribution is 2.30. The number of nitro benzene ring substituents is 1. The van der Waals surface area contributed by atoms with E-state index in [-0.39, 0.29) is 23.4 Å². The predicted octanol–water partition coefficient (Wildman–Crippen LogP) is 5.09. The number of amides is 2. The van der Waals surface area contributed by atoms with Gasteiger partial charge in [-0.2, -0.15) is 0 Å². The number of nitrogens with one attached hydrogen (secondary N) is 1. The highest BCUT2D eigenvalue weighted by molar-refractivity contribution is 5.97. The Morgan fingerprint density at radius 3 is 2.52 bits per heavy atom. The van der Waals surface area contributed by atoms with Gasteiger partial charge in [-0.25, -0.2) is 4.98 Å². The van der Waals surface area contributed by atoms with Gasteiger partial charge in [-0.15, -0.1) is 0 Å². The number of hydrogen-bond donors (Lipinski definition) is 1. The standard InChI is InChI=1S/C30H28N6O4/c1-34(2)29(37)22-8-6-21(7-9-22)24-10-11-28(32-17-24)33-25-16-27(19-31-18-25)35-13-12-23(30(35)38)14-20-4-3-5-26(15-20)36(39)40/h3-11,15-19,23H,12-14H2,1-2H3,(H,32,33). The second-order valence-electron chi connectivity index (χ2n) is 9.87. The molecule has 1 atom stereocenters. The van der Waals surface area contributed by atoms with E-state index in [4.69, 9.17) is 0 Å². The van der Waals surface area contributed by atoms with E-state index < -0.39 is 4.92 Å². The van der Waals surface area contributed by atoms with E-state index in [1.807, 2.05) is 36.4 Å². The normalized spacial score (nSPS) is 14.7. The first-order chi connectivity index (χ1) is 19.3. The van der Waals surface area contributed by atoms with Crippen LogP contribution < -0.4 is 10.2 Å². The number of non-ortho nitro benzene ring substituents is 1. The molecule has 0 radical (unpaired) electrons. The predicted molar refractivity (Wildman–Crippen MR) is 152 cm³/mol. The van der Waals surface area contributed by atoms with Crippen molar-refractivity contribution in [3.8, 4) is 11.1 Å². The molecule has 1 saturated heterocycles. The fraction of sp³-hybridized carbons (Fsp3) is 0.200. The van der Waals surface area contributed by atoms with E-state index >= 15 is 0 Å². The van der Waals surface area contributed by atoms with Crippen molar-refractivity contribution < 1.29 is 14.5 Å². The Kier molecular flexibility index (Phi) is 7.50. The van der Waals surface area contributed by atoms with E-state index in [0.717, 1.165) is 16.7 Å². The number of aromatic nitrogens is 2. The highest BCUT2D eigenvalue weighted by atomic mass is 16.6. The van der Waals surface area contributed by atoms with E-state index in [0.29, 0.717) is 42.1 Å². The molecule has 0 bridgehead atoms. The van der Waals surface area contributed by atoms with Crippen LogP contribution in [0.3, 0.4) is 0 Å². The fourth-order valence-corrected chi connectivity index (χ4v) is 4.76. The molecule has 2 aromatic carbocycles. The molecule has 2 aromatic heterocycles. The number of hydrogen-bond acceptors (Lipinski definition) is 7. The fourth-order valence-electron chi connectivity index (χ4n) is 4.76. The average Bonchev–Trinajstić information content (AvgIpc) is 3.33. The van der Waals surface area contributed by atoms with Crippen LogP contribution in [0.4, 0.5) is 22.9 Å². The summed E-state index contributed by atoms with van der Waals surface area (Å²) in [5.74, 6) is 0.307. The number of nitro groups is 1. The number of rotatable bonds is 8. The second-order valence-corrected chi connectivity index (χ2v) is 9.87. The molecule has 2 amide bonds. The first-order valence-electron chi connectivity index (χ1n) is 12.8. The Bertz CT molecular complexity index is 1550. The van der Waals surface area contributed by atoms with Gasteiger partial charge < -0.3 is 15.1 Å². The third kappa shape index (κ3) is 5.80. The molecule has 10 heteroatoms. The van der Waals surface area contributed by atoms with Crippen molar-refractivity contribution in [2.24, 2.45) is 5.92 Å². The van der Waals surface area contributed by atoms with E-state index in [9.17, 15) is 19.7 Å². The molecule has 1 N–H and O–H groups in total. The van der Waals surface area contributed by atoms with Crippen molar-refractivity contribution >= 4 is 34.7 Å². The minimum atomic E-state index is -0.425. The molecule has 0 aliphatic carbocycles. The summed E-state index contributed by atoms with van der Waals surface area (Å²) < 4.78 is 0. The molecule has 1 unspecified atom stereocenters. The minimum Gasteiger partial charge on any atom is -0.345 e. The number of pyridine rings is 2. The summed E-state index contributed by atoms with van der Waals surface area (Å²) in [5, 5.41) is 14.3. The third-order valence-electron chi connectivity index (χ3n) is 6.86. The van der Waals surface area contributed by atoms with Crippen LogP contribution in [0.1, 0.15) is 22.3 Å². The maximum atomic E-state index is 13.2. The van der Waals surface area contributed by atoms with Gasteiger partial charge in [0.2, 0.25) is 5.91 Å². The maximum absolute atomic E-state index is 13.2. The lowest BCUT2D eigenvalue weighted by atomic mass is 9.98. The Morgan fingerprint density at radius 1 is 1.05 bits per heavy atom. The first-order valence-corrected chi connectivity index (χ1v) is 12.8. The van der Waals surface area contributed by atoms with Gasteiger partial charge in [0.05, 0.1) is 28.7 Å². The zero-order chi connectivity index (χ0) is 28.2. The molecule has 4 aromatic rings. The maximum Gasteiger partial charge on any atom is 0.269 e. The lowest BCUT2D eigenvalue weighted by molar-refractivity contribution is -0.384. The topological polar surface area (TPSA) is 122 Å². The molecular weight excluding hydrogens is 508 g/mol. The molecular formula is C30H28N6O4. The van der Waals surface area contributed by atoms with Gasteiger partial charge in [-0.3, -0.25) is 24.7 Å². The van der Waals surface area contributed by atoms with Crippen molar-refractivity contribution in [1.82, 2.24) is 14.9 Å². The third-order valence-corrected chi connectivity index (χ3v) is 6.86. The largest absolute Gasteiger partial charge is 0.345 e. The molecule has 1 aliphatic heterocycles. The van der Waals surface area contributed by atoms with E-state index in [1.54, 1.807) is 60.7 Å². The molecule has 3 heterocycles. The van der Waals surface area contributed by atoms with Gasteiger partial charge >= 0.3 is 0 Å². The zero-order valence-corrected chi connectivity index (χ0v) is 22.2. The van der Waals surface area contributed by atoms with Crippen molar-refractivity contribution in [2.45, 2.75) is 12.8 Å². The summed E-state index contributed by atoms with van der Waals surface area (Å²) in [6, 6.07) is 19.5. The van der Waals surface area contributed by atoms with Crippen LogP contribution in [0.15, 0.2) is 85.3 Å². The van der Waals surface area contributed by atoms with Crippen molar-refractivity contribution in [3.05, 3.63) is 107 Å². The van der Waals surface area contributed by atoms with Crippen molar-refractivity contribution in [2.75, 3.05) is 30.9 Å². The highest BCUT2D eigenvalue weighted by Gasteiger charge is 2.33. The lowest BCUT2D eigenvalue weighted by Crippen LogP contribution is -2.27. The summed E-state index contributed by atoms with van der Waals surface area (Å²) in [7, 11) is 3.44. The number of nitrogens with zero attached hydrogens (tertiary/aromatic N) is 5. The Morgan fingerprint density at radius 2 is 1.82 bits per heavy atom. The molecule has 40 heavy (non-hydrogen) atoms. The van der Waals surface area contributed by atoms with Crippen LogP contribution in [0.2, 0.25) is 0 Å². The van der Waals surface area contributed by atoms with E-state index in [1.165, 1.54) is 12.1 Å². The summed E-state index contributed by atoms with van der Waals surface area (Å²) in [4.78, 5) is 48.0. The lowest BCUT2D eigenvalue weighted by Gasteiger charge is -2.18. The Balaban J connectivity index is 1.23. The van der Waals surface area contributed by atoms with Gasteiger partial charge in [0.1, 0.15) is 5.82 Å². The van der Waals surface area contributed by atoms with Crippen LogP contribution in [0.5, 0.6) is 0 Å². The van der Waals surface area contributed by atoms with Crippen molar-refractivity contribution in [3.63, 3.8) is 0 Å². The SMILES string of the molecule is CN(C)C(=O)c1ccc(-c2ccc(Nc3cncc(N4CCC(Cc5cccc([N+](=O)[O-])c5)C4=O)c3)nc2)cc1. The number of carbonyl (C=O) groups excluding carboxylic acids is 2. The van der Waals surface area contributed by atoms with Gasteiger partial charge in [0.25, 0.3) is 11.6 Å². The molecule has 5 rings (SSSR count). The summed E-state index contributed by atoms with van der Waals surface area (Å²) >= 11 is 0. The number of anilines is 3. The number of benzene rings is 2. The van der Waals surface area contributed by atoms with Gasteiger partial charge in [-0.05, 0) is 54.3 Å². The van der Waals surface area contributed by atoms with Crippen molar-refractivity contribution in [1.29, 1.82) is 0 Å². The second kappa shape index (κ2) is 11.3.